The van der Waals surface area contributed by atoms with Gasteiger partial charge in [0.25, 0.3) is 0 Å². The number of carbonyl (C=O) groups excluding carboxylic acids is 2. The number of imide groups is 1. The van der Waals surface area contributed by atoms with E-state index < -0.39 is 5.92 Å². The van der Waals surface area contributed by atoms with Crippen molar-refractivity contribution in [1.29, 1.82) is 0 Å². The predicted molar refractivity (Wildman–Crippen MR) is 134 cm³/mol. The van der Waals surface area contributed by atoms with Crippen molar-refractivity contribution < 1.29 is 18.4 Å². The van der Waals surface area contributed by atoms with E-state index >= 15 is 0 Å². The minimum absolute atomic E-state index is 0.124. The second kappa shape index (κ2) is 9.17. The number of benzene rings is 2. The number of H-pyrrole nitrogens is 2. The lowest BCUT2D eigenvalue weighted by molar-refractivity contribution is -0.138. The quantitative estimate of drug-likeness (QED) is 0.372. The lowest BCUT2D eigenvalue weighted by Gasteiger charge is -2.32. The van der Waals surface area contributed by atoms with E-state index in [-0.39, 0.29) is 29.9 Å². The standard InChI is InChI=1S/C28H28F2N4O2/c29-18-2-4-25-20(12-18)23(15-31-25)17-6-10-33(11-7-17)8-1-9-34-27(35)14-22(28(34)36)24-16-32-26-5-3-19(30)13-21(24)26/h2-5,12-13,15-17,22,31-32H,1,6-11,14H2. The maximum absolute atomic E-state index is 13.8. The molecule has 2 aromatic heterocycles. The number of piperidine rings is 1. The number of hydrogen-bond acceptors (Lipinski definition) is 3. The van der Waals surface area contributed by atoms with Gasteiger partial charge in [-0.1, -0.05) is 0 Å². The van der Waals surface area contributed by atoms with Crippen LogP contribution in [-0.2, 0) is 9.59 Å². The monoisotopic (exact) mass is 490 g/mol. The number of aromatic amines is 2. The Morgan fingerprint density at radius 1 is 0.833 bits per heavy atom. The Labute approximate surface area is 207 Å². The number of fused-ring (bicyclic) bond motifs is 2. The highest BCUT2D eigenvalue weighted by molar-refractivity contribution is 6.08. The van der Waals surface area contributed by atoms with Gasteiger partial charge in [-0.2, -0.15) is 0 Å². The number of aromatic nitrogens is 2. The third-order valence-electron chi connectivity index (χ3n) is 7.85. The number of hydrogen-bond donors (Lipinski definition) is 2. The van der Waals surface area contributed by atoms with Gasteiger partial charge in [0, 0.05) is 47.2 Å². The fourth-order valence-corrected chi connectivity index (χ4v) is 5.94. The van der Waals surface area contributed by atoms with E-state index in [1.54, 1.807) is 24.4 Å². The third kappa shape index (κ3) is 4.09. The molecule has 2 aliphatic rings. The lowest BCUT2D eigenvalue weighted by Crippen LogP contribution is -2.37. The average molecular weight is 491 g/mol. The van der Waals surface area contributed by atoms with E-state index in [1.807, 2.05) is 6.20 Å². The van der Waals surface area contributed by atoms with Crippen LogP contribution in [0.25, 0.3) is 21.8 Å². The van der Waals surface area contributed by atoms with E-state index in [9.17, 15) is 18.4 Å². The summed E-state index contributed by atoms with van der Waals surface area (Å²) in [6, 6.07) is 9.30. The second-order valence-corrected chi connectivity index (χ2v) is 9.98. The van der Waals surface area contributed by atoms with E-state index in [4.69, 9.17) is 0 Å². The van der Waals surface area contributed by atoms with Crippen molar-refractivity contribution >= 4 is 33.6 Å². The number of amides is 2. The fraction of sp³-hybridized carbons (Fsp3) is 0.357. The summed E-state index contributed by atoms with van der Waals surface area (Å²) in [6.07, 6.45) is 6.55. The summed E-state index contributed by atoms with van der Waals surface area (Å²) in [4.78, 5) is 35.8. The van der Waals surface area contributed by atoms with Crippen LogP contribution >= 0.6 is 0 Å². The Bertz CT molecular complexity index is 1450. The molecule has 1 atom stereocenters. The molecule has 0 aliphatic carbocycles. The number of rotatable bonds is 6. The van der Waals surface area contributed by atoms with Gasteiger partial charge in [0.2, 0.25) is 11.8 Å². The Hall–Kier alpha value is -3.52. The Kier molecular flexibility index (Phi) is 5.84. The largest absolute Gasteiger partial charge is 0.361 e. The van der Waals surface area contributed by atoms with Crippen molar-refractivity contribution in [2.24, 2.45) is 0 Å². The van der Waals surface area contributed by atoms with E-state index in [1.165, 1.54) is 28.7 Å². The van der Waals surface area contributed by atoms with Gasteiger partial charge >= 0.3 is 0 Å². The first-order chi connectivity index (χ1) is 17.5. The molecule has 6 rings (SSSR count). The summed E-state index contributed by atoms with van der Waals surface area (Å²) in [6.45, 7) is 3.07. The molecule has 0 radical (unpaired) electrons. The molecular formula is C28H28F2N4O2. The number of likely N-dealkylation sites (tertiary alicyclic amines) is 2. The van der Waals surface area contributed by atoms with Crippen LogP contribution in [0.5, 0.6) is 0 Å². The molecule has 0 saturated carbocycles. The molecule has 8 heteroatoms. The number of nitrogens with one attached hydrogen (secondary N) is 2. The molecule has 6 nitrogen and oxygen atoms in total. The van der Waals surface area contributed by atoms with Crippen LogP contribution in [0.2, 0.25) is 0 Å². The molecular weight excluding hydrogens is 462 g/mol. The van der Waals surface area contributed by atoms with Crippen molar-refractivity contribution in [2.45, 2.75) is 37.5 Å². The Morgan fingerprint density at radius 2 is 1.44 bits per heavy atom. The van der Waals surface area contributed by atoms with Gasteiger partial charge in [0.1, 0.15) is 11.6 Å². The van der Waals surface area contributed by atoms with Gasteiger partial charge < -0.3 is 14.9 Å². The third-order valence-corrected chi connectivity index (χ3v) is 7.85. The molecule has 2 amide bonds. The van der Waals surface area contributed by atoms with Gasteiger partial charge in [-0.05, 0) is 92.3 Å². The zero-order valence-corrected chi connectivity index (χ0v) is 19.9. The first kappa shape index (κ1) is 22.9. The molecule has 4 heterocycles. The molecule has 1 unspecified atom stereocenters. The maximum Gasteiger partial charge on any atom is 0.237 e. The van der Waals surface area contributed by atoms with Gasteiger partial charge in [-0.25, -0.2) is 8.78 Å². The average Bonchev–Trinajstić information content (AvgIpc) is 3.55. The molecule has 2 aliphatic heterocycles. The maximum atomic E-state index is 13.8. The molecule has 2 aromatic carbocycles. The highest BCUT2D eigenvalue weighted by Crippen LogP contribution is 2.35. The lowest BCUT2D eigenvalue weighted by atomic mass is 9.89. The van der Waals surface area contributed by atoms with Gasteiger partial charge in [0.15, 0.2) is 0 Å². The molecule has 2 N–H and O–H groups in total. The fourth-order valence-electron chi connectivity index (χ4n) is 5.94. The second-order valence-electron chi connectivity index (χ2n) is 9.98. The molecule has 36 heavy (non-hydrogen) atoms. The Morgan fingerprint density at radius 3 is 2.11 bits per heavy atom. The SMILES string of the molecule is O=C1CC(c2c[nH]c3ccc(F)cc23)C(=O)N1CCCN1CCC(c2c[nH]c3ccc(F)cc23)CC1. The van der Waals surface area contributed by atoms with Crippen LogP contribution in [0.3, 0.4) is 0 Å². The van der Waals surface area contributed by atoms with Crippen LogP contribution in [0.1, 0.15) is 48.6 Å². The predicted octanol–water partition coefficient (Wildman–Crippen LogP) is 5.04. The number of nitrogens with zero attached hydrogens (tertiary/aromatic N) is 2. The highest BCUT2D eigenvalue weighted by atomic mass is 19.1. The highest BCUT2D eigenvalue weighted by Gasteiger charge is 2.40. The summed E-state index contributed by atoms with van der Waals surface area (Å²) in [5.41, 5.74) is 3.58. The molecule has 2 fully saturated rings. The Balaban J connectivity index is 1.03. The summed E-state index contributed by atoms with van der Waals surface area (Å²) in [5.74, 6) is -1.12. The van der Waals surface area contributed by atoms with Crippen LogP contribution in [-0.4, -0.2) is 57.8 Å². The smallest absolute Gasteiger partial charge is 0.237 e. The minimum atomic E-state index is -0.565. The van der Waals surface area contributed by atoms with Crippen LogP contribution < -0.4 is 0 Å². The minimum Gasteiger partial charge on any atom is -0.361 e. The summed E-state index contributed by atoms with van der Waals surface area (Å²) in [5, 5.41) is 1.62. The molecule has 186 valence electrons. The topological polar surface area (TPSA) is 72.2 Å². The van der Waals surface area contributed by atoms with Crippen LogP contribution in [0.15, 0.2) is 48.8 Å². The van der Waals surface area contributed by atoms with Crippen molar-refractivity contribution in [2.75, 3.05) is 26.2 Å². The first-order valence-corrected chi connectivity index (χ1v) is 12.6. The zero-order chi connectivity index (χ0) is 24.8. The first-order valence-electron chi connectivity index (χ1n) is 12.6. The summed E-state index contributed by atoms with van der Waals surface area (Å²) < 4.78 is 27.5. The van der Waals surface area contributed by atoms with Crippen LogP contribution in [0.4, 0.5) is 8.78 Å². The van der Waals surface area contributed by atoms with Gasteiger partial charge in [-0.15, -0.1) is 0 Å². The molecule has 4 aromatic rings. The van der Waals surface area contributed by atoms with Crippen molar-refractivity contribution in [3.63, 3.8) is 0 Å². The number of carbonyl (C=O) groups is 2. The van der Waals surface area contributed by atoms with Gasteiger partial charge in [-0.3, -0.25) is 14.5 Å². The van der Waals surface area contributed by atoms with E-state index in [0.29, 0.717) is 23.4 Å². The van der Waals surface area contributed by atoms with Crippen LogP contribution in [0, 0.1) is 11.6 Å². The van der Waals surface area contributed by atoms with Crippen molar-refractivity contribution in [3.05, 3.63) is 71.6 Å². The molecule has 0 bridgehead atoms. The van der Waals surface area contributed by atoms with E-state index in [2.05, 4.69) is 14.9 Å². The molecule has 2 saturated heterocycles. The zero-order valence-electron chi connectivity index (χ0n) is 19.9. The van der Waals surface area contributed by atoms with Gasteiger partial charge in [0.05, 0.1) is 5.92 Å². The van der Waals surface area contributed by atoms with Crippen molar-refractivity contribution in [3.8, 4) is 0 Å². The number of halogens is 2. The summed E-state index contributed by atoms with van der Waals surface area (Å²) in [7, 11) is 0. The molecule has 0 spiro atoms. The summed E-state index contributed by atoms with van der Waals surface area (Å²) >= 11 is 0. The van der Waals surface area contributed by atoms with E-state index in [0.717, 1.165) is 55.3 Å². The normalized spacial score (nSPS) is 19.8. The van der Waals surface area contributed by atoms with Crippen molar-refractivity contribution in [1.82, 2.24) is 19.8 Å².